The molecule has 1 amide bonds. The van der Waals surface area contributed by atoms with Gasteiger partial charge in [0.25, 0.3) is 0 Å². The van der Waals surface area contributed by atoms with Gasteiger partial charge in [-0.05, 0) is 42.9 Å². The second-order valence-electron chi connectivity index (χ2n) is 9.72. The number of piperazine rings is 1. The van der Waals surface area contributed by atoms with Crippen LogP contribution in [0.5, 0.6) is 0 Å². The molecule has 1 aliphatic heterocycles. The van der Waals surface area contributed by atoms with Crippen molar-refractivity contribution in [1.29, 1.82) is 0 Å². The van der Waals surface area contributed by atoms with Gasteiger partial charge in [-0.25, -0.2) is 18.4 Å². The Hall–Kier alpha value is -4.22. The zero-order valence-electron chi connectivity index (χ0n) is 22.1. The SMILES string of the molecule is CC(=O)Nc1ccc(-c2cccc3cnc(Nc4ccc(N5CCN(C)CC5)c(NS(C)(=O)=O)c4)nc23)cc1. The fraction of sp³-hybridized carbons (Fsp3) is 0.250. The molecule has 0 saturated carbocycles. The Morgan fingerprint density at radius 1 is 0.949 bits per heavy atom. The van der Waals surface area contributed by atoms with Crippen molar-refractivity contribution >= 4 is 55.5 Å². The first kappa shape index (κ1) is 26.4. The van der Waals surface area contributed by atoms with E-state index < -0.39 is 10.0 Å². The number of nitrogens with zero attached hydrogens (tertiary/aromatic N) is 4. The summed E-state index contributed by atoms with van der Waals surface area (Å²) in [6.45, 7) is 4.90. The Morgan fingerprint density at radius 3 is 2.36 bits per heavy atom. The van der Waals surface area contributed by atoms with Crippen molar-refractivity contribution in [2.75, 3.05) is 59.7 Å². The van der Waals surface area contributed by atoms with E-state index in [2.05, 4.69) is 37.2 Å². The summed E-state index contributed by atoms with van der Waals surface area (Å²) in [5.74, 6) is 0.269. The molecule has 1 saturated heterocycles. The molecule has 0 spiro atoms. The molecule has 39 heavy (non-hydrogen) atoms. The molecule has 3 aromatic carbocycles. The van der Waals surface area contributed by atoms with Gasteiger partial charge in [0, 0.05) is 61.6 Å². The van der Waals surface area contributed by atoms with Crippen LogP contribution in [0.4, 0.5) is 28.7 Å². The molecule has 11 heteroatoms. The smallest absolute Gasteiger partial charge is 0.229 e. The first-order valence-corrected chi connectivity index (χ1v) is 14.5. The number of hydrogen-bond acceptors (Lipinski definition) is 8. The molecule has 0 atom stereocenters. The molecule has 4 aromatic rings. The first-order valence-electron chi connectivity index (χ1n) is 12.6. The van der Waals surface area contributed by atoms with Gasteiger partial charge in [-0.2, -0.15) is 0 Å². The maximum absolute atomic E-state index is 12.1. The summed E-state index contributed by atoms with van der Waals surface area (Å²) in [5, 5.41) is 6.90. The Bertz CT molecular complexity index is 1620. The van der Waals surface area contributed by atoms with E-state index in [1.165, 1.54) is 6.92 Å². The third kappa shape index (κ3) is 6.44. The third-order valence-electron chi connectivity index (χ3n) is 6.52. The number of nitrogens with one attached hydrogen (secondary N) is 3. The van der Waals surface area contributed by atoms with Crippen molar-refractivity contribution in [2.24, 2.45) is 0 Å². The van der Waals surface area contributed by atoms with Crippen LogP contribution in [0.15, 0.2) is 66.9 Å². The number of likely N-dealkylation sites (N-methyl/N-ethyl adjacent to an activating group) is 1. The van der Waals surface area contributed by atoms with Crippen LogP contribution in [-0.2, 0) is 14.8 Å². The number of para-hydroxylation sites is 1. The average Bonchev–Trinajstić information content (AvgIpc) is 2.88. The van der Waals surface area contributed by atoms with Crippen LogP contribution in [0.25, 0.3) is 22.0 Å². The van der Waals surface area contributed by atoms with E-state index in [1.54, 1.807) is 12.3 Å². The predicted molar refractivity (Wildman–Crippen MR) is 157 cm³/mol. The Balaban J connectivity index is 1.45. The molecule has 1 fully saturated rings. The molecule has 0 aliphatic carbocycles. The summed E-state index contributed by atoms with van der Waals surface area (Å²) in [6.07, 6.45) is 2.91. The summed E-state index contributed by atoms with van der Waals surface area (Å²) in [6, 6.07) is 19.1. The molecule has 10 nitrogen and oxygen atoms in total. The maximum Gasteiger partial charge on any atom is 0.229 e. The van der Waals surface area contributed by atoms with Crippen LogP contribution in [0.2, 0.25) is 0 Å². The van der Waals surface area contributed by atoms with Crippen LogP contribution < -0.4 is 20.3 Å². The van der Waals surface area contributed by atoms with E-state index >= 15 is 0 Å². The van der Waals surface area contributed by atoms with Crippen molar-refractivity contribution < 1.29 is 13.2 Å². The maximum atomic E-state index is 12.1. The largest absolute Gasteiger partial charge is 0.367 e. The summed E-state index contributed by atoms with van der Waals surface area (Å²) >= 11 is 0. The van der Waals surface area contributed by atoms with Crippen LogP contribution in [0.3, 0.4) is 0 Å². The number of aromatic nitrogens is 2. The van der Waals surface area contributed by atoms with Crippen molar-refractivity contribution in [3.63, 3.8) is 0 Å². The number of carbonyl (C=O) groups excluding carboxylic acids is 1. The Kier molecular flexibility index (Phi) is 7.36. The first-order chi connectivity index (χ1) is 18.6. The zero-order valence-corrected chi connectivity index (χ0v) is 22.9. The lowest BCUT2D eigenvalue weighted by molar-refractivity contribution is -0.114. The number of benzene rings is 3. The fourth-order valence-electron chi connectivity index (χ4n) is 4.63. The van der Waals surface area contributed by atoms with E-state index in [-0.39, 0.29) is 5.91 Å². The lowest BCUT2D eigenvalue weighted by atomic mass is 10.0. The summed E-state index contributed by atoms with van der Waals surface area (Å²) < 4.78 is 27.0. The minimum Gasteiger partial charge on any atom is -0.367 e. The van der Waals surface area contributed by atoms with Gasteiger partial charge in [-0.15, -0.1) is 0 Å². The quantitative estimate of drug-likeness (QED) is 0.317. The van der Waals surface area contributed by atoms with Gasteiger partial charge < -0.3 is 20.4 Å². The van der Waals surface area contributed by atoms with Crippen molar-refractivity contribution in [1.82, 2.24) is 14.9 Å². The van der Waals surface area contributed by atoms with Crippen LogP contribution in [0, 0.1) is 0 Å². The standard InChI is InChI=1S/C28H31N7O3S/c1-19(36)30-22-9-7-20(8-10-22)24-6-4-5-21-18-29-28(32-27(21)24)31-23-11-12-26(25(17-23)33-39(3,37)38)35-15-13-34(2)14-16-35/h4-12,17-18,33H,13-16H2,1-3H3,(H,30,36)(H,29,31,32). The van der Waals surface area contributed by atoms with E-state index in [0.29, 0.717) is 17.3 Å². The molecule has 1 aliphatic rings. The van der Waals surface area contributed by atoms with E-state index in [9.17, 15) is 13.2 Å². The highest BCUT2D eigenvalue weighted by molar-refractivity contribution is 7.92. The molecule has 202 valence electrons. The van der Waals surface area contributed by atoms with Crippen molar-refractivity contribution in [2.45, 2.75) is 6.92 Å². The van der Waals surface area contributed by atoms with Crippen LogP contribution in [-0.4, -0.2) is 68.7 Å². The highest BCUT2D eigenvalue weighted by atomic mass is 32.2. The summed E-state index contributed by atoms with van der Waals surface area (Å²) in [5.41, 5.74) is 5.38. The predicted octanol–water partition coefficient (Wildman–Crippen LogP) is 4.12. The molecule has 0 bridgehead atoms. The average molecular weight is 546 g/mol. The van der Waals surface area contributed by atoms with Gasteiger partial charge >= 0.3 is 0 Å². The third-order valence-corrected chi connectivity index (χ3v) is 7.11. The van der Waals surface area contributed by atoms with Gasteiger partial charge in [0.15, 0.2) is 0 Å². The molecular weight excluding hydrogens is 514 g/mol. The molecular formula is C28H31N7O3S. The van der Waals surface area contributed by atoms with Crippen molar-refractivity contribution in [3.05, 3.63) is 66.9 Å². The van der Waals surface area contributed by atoms with E-state index in [4.69, 9.17) is 4.98 Å². The number of fused-ring (bicyclic) bond motifs is 1. The number of anilines is 5. The van der Waals surface area contributed by atoms with Crippen LogP contribution in [0.1, 0.15) is 6.92 Å². The summed E-state index contributed by atoms with van der Waals surface area (Å²) in [4.78, 5) is 25.1. The normalized spacial score (nSPS) is 14.3. The highest BCUT2D eigenvalue weighted by Gasteiger charge is 2.19. The zero-order chi connectivity index (χ0) is 27.6. The molecule has 0 radical (unpaired) electrons. The number of hydrogen-bond donors (Lipinski definition) is 3. The molecule has 0 unspecified atom stereocenters. The molecule has 5 rings (SSSR count). The second-order valence-corrected chi connectivity index (χ2v) is 11.5. The van der Waals surface area contributed by atoms with Crippen LogP contribution >= 0.6 is 0 Å². The van der Waals surface area contributed by atoms with Gasteiger partial charge in [0.2, 0.25) is 21.9 Å². The Morgan fingerprint density at radius 2 is 1.67 bits per heavy atom. The van der Waals surface area contributed by atoms with Crippen molar-refractivity contribution in [3.8, 4) is 11.1 Å². The highest BCUT2D eigenvalue weighted by Crippen LogP contribution is 2.33. The topological polar surface area (TPSA) is 120 Å². The minimum atomic E-state index is -3.48. The lowest BCUT2D eigenvalue weighted by Gasteiger charge is -2.35. The fourth-order valence-corrected chi connectivity index (χ4v) is 5.20. The number of sulfonamides is 1. The van der Waals surface area contributed by atoms with Gasteiger partial charge in [-0.1, -0.05) is 30.3 Å². The summed E-state index contributed by atoms with van der Waals surface area (Å²) in [7, 11) is -1.40. The van der Waals surface area contributed by atoms with Gasteiger partial charge in [0.1, 0.15) is 0 Å². The number of carbonyl (C=O) groups is 1. The molecule has 1 aromatic heterocycles. The van der Waals surface area contributed by atoms with Gasteiger partial charge in [0.05, 0.1) is 23.1 Å². The molecule has 2 heterocycles. The van der Waals surface area contributed by atoms with Gasteiger partial charge in [-0.3, -0.25) is 9.52 Å². The second kappa shape index (κ2) is 10.9. The van der Waals surface area contributed by atoms with E-state index in [1.807, 2.05) is 54.6 Å². The lowest BCUT2D eigenvalue weighted by Crippen LogP contribution is -2.44. The number of amides is 1. The molecule has 3 N–H and O–H groups in total. The Labute approximate surface area is 228 Å². The number of rotatable bonds is 7. The monoisotopic (exact) mass is 545 g/mol. The van der Waals surface area contributed by atoms with E-state index in [0.717, 1.165) is 65.8 Å². The minimum absolute atomic E-state index is 0.122.